The van der Waals surface area contributed by atoms with Crippen molar-refractivity contribution in [3.05, 3.63) is 35.9 Å². The van der Waals surface area contributed by atoms with Crippen LogP contribution in [0.3, 0.4) is 0 Å². The lowest BCUT2D eigenvalue weighted by atomic mass is 10.1. The zero-order valence-electron chi connectivity index (χ0n) is 14.7. The van der Waals surface area contributed by atoms with Crippen molar-refractivity contribution in [2.24, 2.45) is 0 Å². The molecule has 132 valence electrons. The van der Waals surface area contributed by atoms with Gasteiger partial charge in [0.1, 0.15) is 5.60 Å². The minimum Gasteiger partial charge on any atom is -0.458 e. The summed E-state index contributed by atoms with van der Waals surface area (Å²) in [5.41, 5.74) is 0.115. The molecule has 0 aromatic heterocycles. The van der Waals surface area contributed by atoms with E-state index in [1.54, 1.807) is 0 Å². The van der Waals surface area contributed by atoms with Gasteiger partial charge in [0.15, 0.2) is 6.04 Å². The molecule has 5 heteroatoms. The average molecular weight is 333 g/mol. The molecule has 1 aromatic carbocycles. The van der Waals surface area contributed by atoms with Gasteiger partial charge in [0.05, 0.1) is 6.10 Å². The van der Waals surface area contributed by atoms with Crippen molar-refractivity contribution in [3.63, 3.8) is 0 Å². The van der Waals surface area contributed by atoms with Crippen LogP contribution in [-0.2, 0) is 19.1 Å². The highest BCUT2D eigenvalue weighted by atomic mass is 16.6. The van der Waals surface area contributed by atoms with Gasteiger partial charge in [-0.1, -0.05) is 30.3 Å². The molecule has 0 aliphatic carbocycles. The van der Waals surface area contributed by atoms with Crippen LogP contribution in [0.1, 0.15) is 58.1 Å². The molecule has 1 fully saturated rings. The van der Waals surface area contributed by atoms with Crippen molar-refractivity contribution >= 4 is 11.9 Å². The highest BCUT2D eigenvalue weighted by Crippen LogP contribution is 2.20. The lowest BCUT2D eigenvalue weighted by Gasteiger charge is -2.25. The van der Waals surface area contributed by atoms with Gasteiger partial charge in [-0.2, -0.15) is 0 Å². The van der Waals surface area contributed by atoms with Crippen molar-refractivity contribution in [2.45, 2.75) is 64.2 Å². The van der Waals surface area contributed by atoms with Crippen molar-refractivity contribution in [1.82, 2.24) is 5.32 Å². The number of rotatable bonds is 6. The Kier molecular flexibility index (Phi) is 6.37. The van der Waals surface area contributed by atoms with Crippen LogP contribution in [0.15, 0.2) is 30.3 Å². The fourth-order valence-electron chi connectivity index (χ4n) is 2.68. The third-order valence-corrected chi connectivity index (χ3v) is 3.80. The largest absolute Gasteiger partial charge is 0.458 e. The van der Waals surface area contributed by atoms with Gasteiger partial charge in [-0.05, 0) is 45.6 Å². The Bertz CT molecular complexity index is 544. The van der Waals surface area contributed by atoms with Crippen molar-refractivity contribution < 1.29 is 19.1 Å². The second-order valence-corrected chi connectivity index (χ2v) is 7.12. The van der Waals surface area contributed by atoms with E-state index < -0.39 is 17.6 Å². The maximum Gasteiger partial charge on any atom is 0.333 e. The number of hydrogen-bond acceptors (Lipinski definition) is 4. The van der Waals surface area contributed by atoms with Gasteiger partial charge in [-0.25, -0.2) is 4.79 Å². The third-order valence-electron chi connectivity index (χ3n) is 3.80. The first-order valence-electron chi connectivity index (χ1n) is 8.54. The van der Waals surface area contributed by atoms with Crippen LogP contribution in [0.25, 0.3) is 0 Å². The molecule has 1 aliphatic rings. The van der Waals surface area contributed by atoms with E-state index in [9.17, 15) is 9.59 Å². The number of nitrogens with one attached hydrogen (secondary N) is 1. The van der Waals surface area contributed by atoms with Gasteiger partial charge in [-0.3, -0.25) is 4.79 Å². The van der Waals surface area contributed by atoms with Crippen LogP contribution >= 0.6 is 0 Å². The smallest absolute Gasteiger partial charge is 0.333 e. The standard InChI is InChI=1S/C19H27NO4/c1-19(2,3)24-18(22)17(14-8-5-4-6-9-14)20-16(21)12-11-15-10-7-13-23-15/h4-6,8-9,15,17H,7,10-13H2,1-3H3,(H,20,21)/t15-,17-/m1/s1. The SMILES string of the molecule is CC(C)(C)OC(=O)[C@H](NC(=O)CC[C@H]1CCCO1)c1ccccc1. The molecule has 0 radical (unpaired) electrons. The van der Waals surface area contributed by atoms with E-state index in [1.807, 2.05) is 51.1 Å². The summed E-state index contributed by atoms with van der Waals surface area (Å²) in [5.74, 6) is -0.607. The molecule has 0 unspecified atom stereocenters. The summed E-state index contributed by atoms with van der Waals surface area (Å²) >= 11 is 0. The molecular weight excluding hydrogens is 306 g/mol. The summed E-state index contributed by atoms with van der Waals surface area (Å²) in [7, 11) is 0. The van der Waals surface area contributed by atoms with Crippen LogP contribution in [0.2, 0.25) is 0 Å². The van der Waals surface area contributed by atoms with Crippen molar-refractivity contribution in [2.75, 3.05) is 6.61 Å². The Morgan fingerprint density at radius 1 is 1.29 bits per heavy atom. The Morgan fingerprint density at radius 2 is 2.00 bits per heavy atom. The Hall–Kier alpha value is -1.88. The monoisotopic (exact) mass is 333 g/mol. The minimum atomic E-state index is -0.789. The summed E-state index contributed by atoms with van der Waals surface area (Å²) in [4.78, 5) is 24.8. The number of hydrogen-bond donors (Lipinski definition) is 1. The van der Waals surface area contributed by atoms with E-state index in [-0.39, 0.29) is 12.0 Å². The first-order valence-corrected chi connectivity index (χ1v) is 8.54. The first-order chi connectivity index (χ1) is 11.3. The zero-order chi connectivity index (χ0) is 17.6. The highest BCUT2D eigenvalue weighted by Gasteiger charge is 2.28. The molecule has 1 amide bonds. The number of ether oxygens (including phenoxy) is 2. The maximum absolute atomic E-state index is 12.5. The number of benzene rings is 1. The Labute approximate surface area is 143 Å². The normalized spacial score (nSPS) is 18.9. The van der Waals surface area contributed by atoms with E-state index in [4.69, 9.17) is 9.47 Å². The average Bonchev–Trinajstić information content (AvgIpc) is 3.03. The quantitative estimate of drug-likeness (QED) is 0.812. The summed E-state index contributed by atoms with van der Waals surface area (Å²) in [6.07, 6.45) is 3.24. The van der Waals surface area contributed by atoms with Crippen LogP contribution < -0.4 is 5.32 Å². The summed E-state index contributed by atoms with van der Waals surface area (Å²) in [5, 5.41) is 2.81. The maximum atomic E-state index is 12.5. The molecule has 5 nitrogen and oxygen atoms in total. The predicted molar refractivity (Wildman–Crippen MR) is 91.4 cm³/mol. The first kappa shape index (κ1) is 18.5. The summed E-state index contributed by atoms with van der Waals surface area (Å²) < 4.78 is 11.0. The van der Waals surface area contributed by atoms with Crippen LogP contribution in [0, 0.1) is 0 Å². The second-order valence-electron chi connectivity index (χ2n) is 7.12. The van der Waals surface area contributed by atoms with Crippen LogP contribution in [0.4, 0.5) is 0 Å². The van der Waals surface area contributed by atoms with Gasteiger partial charge < -0.3 is 14.8 Å². The molecule has 24 heavy (non-hydrogen) atoms. The summed E-state index contributed by atoms with van der Waals surface area (Å²) in [6, 6.07) is 8.39. The third kappa shape index (κ3) is 5.96. The van der Waals surface area contributed by atoms with Crippen molar-refractivity contribution in [1.29, 1.82) is 0 Å². The van der Waals surface area contributed by atoms with E-state index in [1.165, 1.54) is 0 Å². The fourth-order valence-corrected chi connectivity index (χ4v) is 2.68. The van der Waals surface area contributed by atoms with Gasteiger partial charge in [0.2, 0.25) is 5.91 Å². The number of amides is 1. The second kappa shape index (κ2) is 8.29. The molecule has 2 rings (SSSR count). The molecule has 1 N–H and O–H groups in total. The van der Waals surface area contributed by atoms with Gasteiger partial charge in [0, 0.05) is 13.0 Å². The molecule has 1 aliphatic heterocycles. The van der Waals surface area contributed by atoms with Gasteiger partial charge >= 0.3 is 5.97 Å². The number of esters is 1. The molecule has 2 atom stereocenters. The summed E-state index contributed by atoms with van der Waals surface area (Å²) in [6.45, 7) is 6.21. The molecule has 1 saturated heterocycles. The predicted octanol–water partition coefficient (Wildman–Crippen LogP) is 3.14. The molecule has 1 heterocycles. The van der Waals surface area contributed by atoms with Gasteiger partial charge in [0.25, 0.3) is 0 Å². The number of carbonyl (C=O) groups excluding carboxylic acids is 2. The fraction of sp³-hybridized carbons (Fsp3) is 0.579. The number of carbonyl (C=O) groups is 2. The van der Waals surface area contributed by atoms with Gasteiger partial charge in [-0.15, -0.1) is 0 Å². The van der Waals surface area contributed by atoms with E-state index in [0.29, 0.717) is 12.8 Å². The molecule has 0 saturated carbocycles. The molecule has 0 bridgehead atoms. The minimum absolute atomic E-state index is 0.160. The molecule has 0 spiro atoms. The Balaban J connectivity index is 1.99. The van der Waals surface area contributed by atoms with E-state index in [2.05, 4.69) is 5.32 Å². The topological polar surface area (TPSA) is 64.6 Å². The molecular formula is C19H27NO4. The van der Waals surface area contributed by atoms with Crippen LogP contribution in [-0.4, -0.2) is 30.2 Å². The highest BCUT2D eigenvalue weighted by molar-refractivity contribution is 5.85. The lowest BCUT2D eigenvalue weighted by Crippen LogP contribution is -2.38. The van der Waals surface area contributed by atoms with E-state index >= 15 is 0 Å². The zero-order valence-corrected chi connectivity index (χ0v) is 14.7. The Morgan fingerprint density at radius 3 is 2.58 bits per heavy atom. The van der Waals surface area contributed by atoms with Crippen LogP contribution in [0.5, 0.6) is 0 Å². The molecule has 1 aromatic rings. The van der Waals surface area contributed by atoms with Crippen molar-refractivity contribution in [3.8, 4) is 0 Å². The lowest BCUT2D eigenvalue weighted by molar-refractivity contribution is -0.159. The van der Waals surface area contributed by atoms with E-state index in [0.717, 1.165) is 25.0 Å².